The van der Waals surface area contributed by atoms with E-state index in [1.54, 1.807) is 12.3 Å². The molecule has 0 aliphatic carbocycles. The van der Waals surface area contributed by atoms with Crippen LogP contribution < -0.4 is 25.6 Å². The lowest BCUT2D eigenvalue weighted by atomic mass is 10.0. The van der Waals surface area contributed by atoms with Crippen LogP contribution in [-0.2, 0) is 13.0 Å². The minimum Gasteiger partial charge on any atom is -0.491 e. The zero-order valence-corrected chi connectivity index (χ0v) is 19.7. The van der Waals surface area contributed by atoms with E-state index in [0.717, 1.165) is 36.6 Å². The van der Waals surface area contributed by atoms with Crippen LogP contribution in [0.3, 0.4) is 0 Å². The first-order chi connectivity index (χ1) is 17.2. The van der Waals surface area contributed by atoms with Crippen LogP contribution >= 0.6 is 0 Å². The number of rotatable bonds is 6. The Morgan fingerprint density at radius 3 is 2.66 bits per heavy atom. The van der Waals surface area contributed by atoms with Gasteiger partial charge in [-0.1, -0.05) is 36.4 Å². The minimum absolute atomic E-state index is 0.0632. The van der Waals surface area contributed by atoms with Crippen molar-refractivity contribution in [2.24, 2.45) is 0 Å². The van der Waals surface area contributed by atoms with Gasteiger partial charge in [0.15, 0.2) is 0 Å². The molecule has 2 unspecified atom stereocenters. The zero-order valence-electron chi connectivity index (χ0n) is 19.7. The van der Waals surface area contributed by atoms with E-state index in [-0.39, 0.29) is 11.9 Å². The van der Waals surface area contributed by atoms with E-state index in [1.165, 1.54) is 24.1 Å². The molecule has 180 valence electrons. The van der Waals surface area contributed by atoms with E-state index >= 15 is 0 Å². The molecule has 3 atom stereocenters. The van der Waals surface area contributed by atoms with Crippen LogP contribution in [0.4, 0.5) is 11.5 Å². The fourth-order valence-electron chi connectivity index (χ4n) is 5.35. The maximum Gasteiger partial charge on any atom is 0.253 e. The summed E-state index contributed by atoms with van der Waals surface area (Å²) in [6, 6.07) is 21.5. The number of nitrogens with zero attached hydrogens (tertiary/aromatic N) is 2. The number of amides is 1. The number of fused-ring (bicyclic) bond motifs is 3. The van der Waals surface area contributed by atoms with Crippen LogP contribution in [-0.4, -0.2) is 48.7 Å². The number of carbonyl (C=O) groups is 1. The summed E-state index contributed by atoms with van der Waals surface area (Å²) in [5.74, 6) is 1.56. The molecular weight excluding hydrogens is 438 g/mol. The van der Waals surface area contributed by atoms with Gasteiger partial charge in [-0.3, -0.25) is 4.79 Å². The first-order valence-corrected chi connectivity index (χ1v) is 12.5. The lowest BCUT2D eigenvalue weighted by molar-refractivity contribution is 0.0915. The molecule has 7 nitrogen and oxygen atoms in total. The van der Waals surface area contributed by atoms with Crippen LogP contribution in [0.15, 0.2) is 66.9 Å². The van der Waals surface area contributed by atoms with E-state index in [4.69, 9.17) is 4.74 Å². The number of piperazine rings is 1. The molecule has 7 heteroatoms. The Kier molecular flexibility index (Phi) is 6.00. The Morgan fingerprint density at radius 1 is 1.06 bits per heavy atom. The van der Waals surface area contributed by atoms with Crippen LogP contribution in [0.1, 0.15) is 34.3 Å². The second-order valence-electron chi connectivity index (χ2n) is 9.79. The fourth-order valence-corrected chi connectivity index (χ4v) is 5.35. The smallest absolute Gasteiger partial charge is 0.253 e. The Labute approximate surface area is 205 Å². The van der Waals surface area contributed by atoms with Crippen LogP contribution in [0, 0.1) is 0 Å². The summed E-state index contributed by atoms with van der Waals surface area (Å²) in [5.41, 5.74) is 4.10. The number of benzene rings is 2. The lowest BCUT2D eigenvalue weighted by Crippen LogP contribution is -2.51. The second kappa shape index (κ2) is 9.58. The molecule has 4 heterocycles. The summed E-state index contributed by atoms with van der Waals surface area (Å²) in [4.78, 5) is 19.7. The van der Waals surface area contributed by atoms with Gasteiger partial charge in [0.25, 0.3) is 5.91 Å². The van der Waals surface area contributed by atoms with Gasteiger partial charge in [-0.2, -0.15) is 0 Å². The highest BCUT2D eigenvalue weighted by molar-refractivity contribution is 5.94. The third kappa shape index (κ3) is 4.95. The summed E-state index contributed by atoms with van der Waals surface area (Å²) in [6.07, 6.45) is 4.92. The third-order valence-corrected chi connectivity index (χ3v) is 7.22. The average Bonchev–Trinajstić information content (AvgIpc) is 3.25. The molecule has 2 bridgehead atoms. The van der Waals surface area contributed by atoms with Crippen LogP contribution in [0.5, 0.6) is 5.75 Å². The molecule has 6 rings (SSSR count). The molecule has 3 aliphatic heterocycles. The molecule has 2 aromatic carbocycles. The maximum atomic E-state index is 12.8. The van der Waals surface area contributed by atoms with Crippen molar-refractivity contribution in [2.75, 3.05) is 29.9 Å². The molecule has 1 amide bonds. The summed E-state index contributed by atoms with van der Waals surface area (Å²) in [6.45, 7) is 3.28. The van der Waals surface area contributed by atoms with Crippen LogP contribution in [0.25, 0.3) is 0 Å². The van der Waals surface area contributed by atoms with Gasteiger partial charge in [0.1, 0.15) is 18.2 Å². The molecule has 3 N–H and O–H groups in total. The third-order valence-electron chi connectivity index (χ3n) is 7.22. The number of aromatic nitrogens is 1. The zero-order chi connectivity index (χ0) is 23.6. The SMILES string of the molecule is O=C(N[C@H]1COc2cc(N3CC4CCC(C3)N4)ccc2C1)c1ccc(NCc2ccccc2)nc1. The van der Waals surface area contributed by atoms with E-state index in [1.807, 2.05) is 24.3 Å². The van der Waals surface area contributed by atoms with Gasteiger partial charge < -0.3 is 25.6 Å². The second-order valence-corrected chi connectivity index (χ2v) is 9.79. The van der Waals surface area contributed by atoms with E-state index < -0.39 is 0 Å². The van der Waals surface area contributed by atoms with Gasteiger partial charge in [-0.25, -0.2) is 4.98 Å². The maximum absolute atomic E-state index is 12.8. The fraction of sp³-hybridized carbons (Fsp3) is 0.357. The van der Waals surface area contributed by atoms with Crippen molar-refractivity contribution < 1.29 is 9.53 Å². The predicted molar refractivity (Wildman–Crippen MR) is 137 cm³/mol. The van der Waals surface area contributed by atoms with E-state index in [2.05, 4.69) is 56.2 Å². The van der Waals surface area contributed by atoms with Gasteiger partial charge >= 0.3 is 0 Å². The van der Waals surface area contributed by atoms with Gasteiger partial charge in [0, 0.05) is 49.7 Å². The highest BCUT2D eigenvalue weighted by Crippen LogP contribution is 2.32. The van der Waals surface area contributed by atoms with Crippen molar-refractivity contribution in [3.05, 3.63) is 83.6 Å². The molecule has 2 saturated heterocycles. The monoisotopic (exact) mass is 469 g/mol. The topological polar surface area (TPSA) is 78.5 Å². The van der Waals surface area contributed by atoms with Crippen molar-refractivity contribution in [3.8, 4) is 5.75 Å². The Hall–Kier alpha value is -3.58. The molecule has 0 radical (unpaired) electrons. The highest BCUT2D eigenvalue weighted by Gasteiger charge is 2.32. The van der Waals surface area contributed by atoms with Gasteiger partial charge in [-0.15, -0.1) is 0 Å². The Bertz CT molecular complexity index is 1170. The standard InChI is InChI=1S/C28H31N5O2/c34-28(21-7-11-27(30-15-21)29-14-19-4-2-1-3-5-19)32-24-12-20-6-10-25(13-26(20)35-18-24)33-16-22-8-9-23(17-33)31-22/h1-7,10-11,13,15,22-24,31H,8-9,12,14,16-18H2,(H,29,30)(H,32,34)/t22?,23?,24-/m1/s1. The summed E-state index contributed by atoms with van der Waals surface area (Å²) < 4.78 is 6.08. The Morgan fingerprint density at radius 2 is 1.89 bits per heavy atom. The molecule has 2 fully saturated rings. The van der Waals surface area contributed by atoms with Crippen molar-refractivity contribution >= 4 is 17.4 Å². The molecule has 35 heavy (non-hydrogen) atoms. The van der Waals surface area contributed by atoms with Gasteiger partial charge in [0.05, 0.1) is 11.6 Å². The molecule has 3 aliphatic rings. The van der Waals surface area contributed by atoms with Crippen molar-refractivity contribution in [1.82, 2.24) is 15.6 Å². The van der Waals surface area contributed by atoms with Crippen molar-refractivity contribution in [2.45, 2.75) is 43.9 Å². The van der Waals surface area contributed by atoms with Crippen molar-refractivity contribution in [3.63, 3.8) is 0 Å². The molecule has 0 spiro atoms. The van der Waals surface area contributed by atoms with Gasteiger partial charge in [-0.05, 0) is 48.6 Å². The lowest BCUT2D eigenvalue weighted by Gasteiger charge is -2.35. The number of nitrogens with one attached hydrogen (secondary N) is 3. The average molecular weight is 470 g/mol. The normalized spacial score (nSPS) is 22.7. The number of hydrogen-bond acceptors (Lipinski definition) is 6. The minimum atomic E-state index is -0.128. The summed E-state index contributed by atoms with van der Waals surface area (Å²) in [7, 11) is 0. The number of anilines is 2. The molecule has 1 aromatic heterocycles. The number of carbonyl (C=O) groups excluding carboxylic acids is 1. The first-order valence-electron chi connectivity index (χ1n) is 12.5. The molecule has 0 saturated carbocycles. The van der Waals surface area contributed by atoms with Crippen LogP contribution in [0.2, 0.25) is 0 Å². The highest BCUT2D eigenvalue weighted by atomic mass is 16.5. The van der Waals surface area contributed by atoms with Crippen molar-refractivity contribution in [1.29, 1.82) is 0 Å². The molecule has 3 aromatic rings. The number of pyridine rings is 1. The Balaban J connectivity index is 1.04. The van der Waals surface area contributed by atoms with Gasteiger partial charge in [0.2, 0.25) is 0 Å². The number of ether oxygens (including phenoxy) is 1. The number of hydrogen-bond donors (Lipinski definition) is 3. The largest absolute Gasteiger partial charge is 0.491 e. The quantitative estimate of drug-likeness (QED) is 0.514. The predicted octanol–water partition coefficient (Wildman–Crippen LogP) is 3.37. The van der Waals surface area contributed by atoms with E-state index in [9.17, 15) is 4.79 Å². The molecular formula is C28H31N5O2. The first kappa shape index (κ1) is 21.9. The summed E-state index contributed by atoms with van der Waals surface area (Å²) in [5, 5.41) is 10.1. The van der Waals surface area contributed by atoms with E-state index in [0.29, 0.717) is 30.8 Å². The summed E-state index contributed by atoms with van der Waals surface area (Å²) >= 11 is 0.